The van der Waals surface area contributed by atoms with Crippen molar-refractivity contribution >= 4 is 17.3 Å². The first-order valence-electron chi connectivity index (χ1n) is 4.89. The number of methoxy groups -OCH3 is 2. The van der Waals surface area contributed by atoms with E-state index in [0.717, 1.165) is 0 Å². The zero-order chi connectivity index (χ0) is 12.0. The molecule has 0 radical (unpaired) electrons. The quantitative estimate of drug-likeness (QED) is 0.738. The van der Waals surface area contributed by atoms with Crippen molar-refractivity contribution in [3.8, 4) is 5.75 Å². The average molecular weight is 224 g/mol. The molecule has 0 spiro atoms. The Hall–Kier alpha value is -1.75. The van der Waals surface area contributed by atoms with Gasteiger partial charge in [-0.2, -0.15) is 0 Å². The summed E-state index contributed by atoms with van der Waals surface area (Å²) in [6, 6.07) is 5.08. The van der Waals surface area contributed by atoms with Crippen LogP contribution < -0.4 is 15.8 Å². The van der Waals surface area contributed by atoms with Crippen molar-refractivity contribution in [3.05, 3.63) is 18.2 Å². The van der Waals surface area contributed by atoms with Gasteiger partial charge in [-0.3, -0.25) is 4.79 Å². The minimum absolute atomic E-state index is 0.134. The molecule has 0 saturated heterocycles. The standard InChI is InChI=1S/C11H16N2O3/c1-15-6-5-11(14)13-9-7-8(12)3-4-10(9)16-2/h3-4,7H,5-6,12H2,1-2H3,(H,13,14). The number of benzene rings is 1. The van der Waals surface area contributed by atoms with E-state index in [0.29, 0.717) is 30.2 Å². The number of nitrogens with one attached hydrogen (secondary N) is 1. The number of nitrogens with two attached hydrogens (primary N) is 1. The molecule has 0 aliphatic rings. The van der Waals surface area contributed by atoms with Crippen molar-refractivity contribution in [2.45, 2.75) is 6.42 Å². The predicted octanol–water partition coefficient (Wildman–Crippen LogP) is 1.25. The molecule has 0 aliphatic carbocycles. The van der Waals surface area contributed by atoms with Gasteiger partial charge >= 0.3 is 0 Å². The van der Waals surface area contributed by atoms with Crippen LogP contribution in [0.3, 0.4) is 0 Å². The fraction of sp³-hybridized carbons (Fsp3) is 0.364. The molecular formula is C11H16N2O3. The number of amides is 1. The number of hydrogen-bond acceptors (Lipinski definition) is 4. The van der Waals surface area contributed by atoms with Crippen LogP contribution >= 0.6 is 0 Å². The summed E-state index contributed by atoms with van der Waals surface area (Å²) in [6.45, 7) is 0.385. The molecule has 0 atom stereocenters. The van der Waals surface area contributed by atoms with E-state index >= 15 is 0 Å². The molecular weight excluding hydrogens is 208 g/mol. The van der Waals surface area contributed by atoms with Crippen molar-refractivity contribution in [1.82, 2.24) is 0 Å². The first-order chi connectivity index (χ1) is 7.67. The van der Waals surface area contributed by atoms with Crippen molar-refractivity contribution < 1.29 is 14.3 Å². The summed E-state index contributed by atoms with van der Waals surface area (Å²) >= 11 is 0. The monoisotopic (exact) mass is 224 g/mol. The van der Waals surface area contributed by atoms with E-state index in [1.165, 1.54) is 7.11 Å². The summed E-state index contributed by atoms with van der Waals surface area (Å²) in [4.78, 5) is 11.5. The first kappa shape index (κ1) is 12.3. The molecule has 1 rings (SSSR count). The van der Waals surface area contributed by atoms with Crippen LogP contribution in [0.25, 0.3) is 0 Å². The van der Waals surface area contributed by atoms with Gasteiger partial charge in [0.2, 0.25) is 5.91 Å². The third-order valence-electron chi connectivity index (χ3n) is 2.03. The van der Waals surface area contributed by atoms with Crippen molar-refractivity contribution in [3.63, 3.8) is 0 Å². The zero-order valence-electron chi connectivity index (χ0n) is 9.45. The summed E-state index contributed by atoms with van der Waals surface area (Å²) in [5.74, 6) is 0.450. The van der Waals surface area contributed by atoms with Crippen LogP contribution in [-0.2, 0) is 9.53 Å². The van der Waals surface area contributed by atoms with Crippen LogP contribution in [0.1, 0.15) is 6.42 Å². The van der Waals surface area contributed by atoms with Crippen molar-refractivity contribution in [2.24, 2.45) is 0 Å². The molecule has 0 aliphatic heterocycles. The van der Waals surface area contributed by atoms with E-state index in [1.54, 1.807) is 25.3 Å². The van der Waals surface area contributed by atoms with Gasteiger partial charge in [-0.1, -0.05) is 0 Å². The Kier molecular flexibility index (Phi) is 4.60. The lowest BCUT2D eigenvalue weighted by Gasteiger charge is -2.10. The van der Waals surface area contributed by atoms with Gasteiger partial charge in [-0.15, -0.1) is 0 Å². The lowest BCUT2D eigenvalue weighted by molar-refractivity contribution is -0.117. The summed E-state index contributed by atoms with van der Waals surface area (Å²) in [5, 5.41) is 2.71. The maximum atomic E-state index is 11.5. The van der Waals surface area contributed by atoms with E-state index in [9.17, 15) is 4.79 Å². The third-order valence-corrected chi connectivity index (χ3v) is 2.03. The Morgan fingerprint density at radius 1 is 1.44 bits per heavy atom. The third kappa shape index (κ3) is 3.43. The minimum Gasteiger partial charge on any atom is -0.495 e. The number of carbonyl (C=O) groups excluding carboxylic acids is 1. The molecule has 0 aromatic heterocycles. The Labute approximate surface area is 94.5 Å². The molecule has 1 aromatic carbocycles. The predicted molar refractivity (Wildman–Crippen MR) is 62.5 cm³/mol. The fourth-order valence-electron chi connectivity index (χ4n) is 1.23. The lowest BCUT2D eigenvalue weighted by Crippen LogP contribution is -2.14. The second-order valence-electron chi connectivity index (χ2n) is 3.25. The average Bonchev–Trinajstić information content (AvgIpc) is 2.27. The van der Waals surface area contributed by atoms with Gasteiger partial charge in [0.25, 0.3) is 0 Å². The SMILES string of the molecule is COCCC(=O)Nc1cc(N)ccc1OC. The highest BCUT2D eigenvalue weighted by molar-refractivity contribution is 5.92. The highest BCUT2D eigenvalue weighted by Crippen LogP contribution is 2.26. The van der Waals surface area contributed by atoms with Crippen LogP contribution in [0, 0.1) is 0 Å². The molecule has 16 heavy (non-hydrogen) atoms. The molecule has 5 nitrogen and oxygen atoms in total. The zero-order valence-corrected chi connectivity index (χ0v) is 9.45. The topological polar surface area (TPSA) is 73.6 Å². The summed E-state index contributed by atoms with van der Waals surface area (Å²) < 4.78 is 9.92. The molecule has 5 heteroatoms. The molecule has 1 amide bonds. The smallest absolute Gasteiger partial charge is 0.226 e. The van der Waals surface area contributed by atoms with Crippen molar-refractivity contribution in [1.29, 1.82) is 0 Å². The van der Waals surface area contributed by atoms with E-state index in [2.05, 4.69) is 5.32 Å². The second-order valence-corrected chi connectivity index (χ2v) is 3.25. The Morgan fingerprint density at radius 2 is 2.19 bits per heavy atom. The highest BCUT2D eigenvalue weighted by atomic mass is 16.5. The highest BCUT2D eigenvalue weighted by Gasteiger charge is 2.07. The Balaban J connectivity index is 2.71. The summed E-state index contributed by atoms with van der Waals surface area (Å²) in [5.41, 5.74) is 6.77. The number of rotatable bonds is 5. The van der Waals surface area contributed by atoms with Crippen LogP contribution in [0.2, 0.25) is 0 Å². The van der Waals surface area contributed by atoms with E-state index in [1.807, 2.05) is 0 Å². The molecule has 0 unspecified atom stereocenters. The van der Waals surface area contributed by atoms with E-state index in [4.69, 9.17) is 15.2 Å². The summed E-state index contributed by atoms with van der Waals surface area (Å²) in [7, 11) is 3.09. The van der Waals surface area contributed by atoms with Gasteiger partial charge in [0, 0.05) is 12.8 Å². The van der Waals surface area contributed by atoms with Gasteiger partial charge < -0.3 is 20.5 Å². The van der Waals surface area contributed by atoms with E-state index in [-0.39, 0.29) is 5.91 Å². The van der Waals surface area contributed by atoms with Gasteiger partial charge in [-0.05, 0) is 18.2 Å². The maximum Gasteiger partial charge on any atom is 0.226 e. The molecule has 3 N–H and O–H groups in total. The van der Waals surface area contributed by atoms with E-state index < -0.39 is 0 Å². The van der Waals surface area contributed by atoms with Crippen molar-refractivity contribution in [2.75, 3.05) is 31.9 Å². The number of anilines is 2. The first-order valence-corrected chi connectivity index (χ1v) is 4.89. The largest absolute Gasteiger partial charge is 0.495 e. The Morgan fingerprint density at radius 3 is 2.81 bits per heavy atom. The summed E-state index contributed by atoms with van der Waals surface area (Å²) in [6.07, 6.45) is 0.300. The van der Waals surface area contributed by atoms with Gasteiger partial charge in [0.05, 0.1) is 25.8 Å². The molecule has 0 bridgehead atoms. The van der Waals surface area contributed by atoms with Gasteiger partial charge in [0.1, 0.15) is 5.75 Å². The van der Waals surface area contributed by atoms with Crippen LogP contribution in [0.4, 0.5) is 11.4 Å². The molecule has 0 saturated carbocycles. The number of carbonyl (C=O) groups is 1. The number of ether oxygens (including phenoxy) is 2. The second kappa shape index (κ2) is 5.97. The number of hydrogen-bond donors (Lipinski definition) is 2. The Bertz CT molecular complexity index is 366. The maximum absolute atomic E-state index is 11.5. The lowest BCUT2D eigenvalue weighted by atomic mass is 10.2. The van der Waals surface area contributed by atoms with Crippen LogP contribution in [-0.4, -0.2) is 26.7 Å². The van der Waals surface area contributed by atoms with Crippen LogP contribution in [0.5, 0.6) is 5.75 Å². The molecule has 88 valence electrons. The molecule has 1 aromatic rings. The fourth-order valence-corrected chi connectivity index (χ4v) is 1.23. The van der Waals surface area contributed by atoms with Crippen LogP contribution in [0.15, 0.2) is 18.2 Å². The number of nitrogen functional groups attached to an aromatic ring is 1. The van der Waals surface area contributed by atoms with Gasteiger partial charge in [0.15, 0.2) is 0 Å². The van der Waals surface area contributed by atoms with Gasteiger partial charge in [-0.25, -0.2) is 0 Å². The molecule has 0 fully saturated rings. The molecule has 0 heterocycles. The normalized spacial score (nSPS) is 9.88. The minimum atomic E-state index is -0.134.